The molecule has 0 bridgehead atoms. The summed E-state index contributed by atoms with van der Waals surface area (Å²) in [7, 11) is 0. The van der Waals surface area contributed by atoms with E-state index >= 15 is 0 Å². The Morgan fingerprint density at radius 2 is 1.90 bits per heavy atom. The van der Waals surface area contributed by atoms with Crippen molar-refractivity contribution in [2.45, 2.75) is 69.4 Å². The minimum absolute atomic E-state index is 0.351. The van der Waals surface area contributed by atoms with Gasteiger partial charge in [-0.05, 0) is 48.9 Å². The van der Waals surface area contributed by atoms with Crippen LogP contribution in [0.3, 0.4) is 0 Å². The van der Waals surface area contributed by atoms with Crippen LogP contribution in [-0.2, 0) is 12.8 Å². The Labute approximate surface area is 136 Å². The number of nitriles is 1. The van der Waals surface area contributed by atoms with E-state index in [1.54, 1.807) is 0 Å². The smallest absolute Gasteiger partial charge is 0.111 e. The fourth-order valence-corrected chi connectivity index (χ4v) is 4.24. The second-order valence-corrected chi connectivity index (χ2v) is 7.53. The molecule has 2 aliphatic carbocycles. The van der Waals surface area contributed by atoms with Crippen LogP contribution < -0.4 is 5.32 Å². The molecule has 21 heavy (non-hydrogen) atoms. The Balaban J connectivity index is 1.76. The zero-order valence-electron chi connectivity index (χ0n) is 12.5. The van der Waals surface area contributed by atoms with Crippen molar-refractivity contribution in [3.05, 3.63) is 33.8 Å². The monoisotopic (exact) mass is 346 g/mol. The van der Waals surface area contributed by atoms with Gasteiger partial charge in [-0.25, -0.2) is 0 Å². The van der Waals surface area contributed by atoms with Gasteiger partial charge >= 0.3 is 0 Å². The standard InChI is InChI=1S/C18H23BrN2/c19-16-8-7-15-12-18(13-20,10-9-14(15)11-16)21-17-5-3-1-2-4-6-17/h7-8,11,17,21H,1-6,9-10,12H2. The number of halogens is 1. The van der Waals surface area contributed by atoms with Crippen LogP contribution in [0.25, 0.3) is 0 Å². The molecular formula is C18H23BrN2. The van der Waals surface area contributed by atoms with Crippen LogP contribution in [0.1, 0.15) is 56.1 Å². The molecule has 112 valence electrons. The molecule has 0 spiro atoms. The summed E-state index contributed by atoms with van der Waals surface area (Å²) in [6, 6.07) is 9.64. The molecule has 1 aromatic rings. The third-order valence-corrected chi connectivity index (χ3v) is 5.52. The molecule has 3 rings (SSSR count). The summed E-state index contributed by atoms with van der Waals surface area (Å²) in [4.78, 5) is 0. The molecule has 0 heterocycles. The lowest BCUT2D eigenvalue weighted by Crippen LogP contribution is -2.52. The minimum Gasteiger partial charge on any atom is -0.296 e. The Morgan fingerprint density at radius 1 is 1.14 bits per heavy atom. The van der Waals surface area contributed by atoms with Crippen molar-refractivity contribution < 1.29 is 0 Å². The average molecular weight is 347 g/mol. The molecule has 1 fully saturated rings. The first-order valence-electron chi connectivity index (χ1n) is 8.17. The molecule has 3 heteroatoms. The number of hydrogen-bond acceptors (Lipinski definition) is 2. The van der Waals surface area contributed by atoms with E-state index in [1.165, 1.54) is 49.7 Å². The lowest BCUT2D eigenvalue weighted by Gasteiger charge is -2.36. The molecule has 2 aliphatic rings. The number of nitrogens with one attached hydrogen (secondary N) is 1. The van der Waals surface area contributed by atoms with Crippen molar-refractivity contribution in [2.24, 2.45) is 0 Å². The summed E-state index contributed by atoms with van der Waals surface area (Å²) in [5.74, 6) is 0. The molecule has 1 N–H and O–H groups in total. The number of rotatable bonds is 2. The predicted molar refractivity (Wildman–Crippen MR) is 89.1 cm³/mol. The van der Waals surface area contributed by atoms with E-state index in [9.17, 15) is 5.26 Å². The highest BCUT2D eigenvalue weighted by molar-refractivity contribution is 9.10. The molecule has 1 atom stereocenters. The highest BCUT2D eigenvalue weighted by Gasteiger charge is 2.36. The van der Waals surface area contributed by atoms with E-state index in [4.69, 9.17) is 0 Å². The van der Waals surface area contributed by atoms with Gasteiger partial charge < -0.3 is 0 Å². The number of hydrogen-bond donors (Lipinski definition) is 1. The van der Waals surface area contributed by atoms with Crippen LogP contribution >= 0.6 is 15.9 Å². The van der Waals surface area contributed by atoms with Crippen LogP contribution in [0.5, 0.6) is 0 Å². The van der Waals surface area contributed by atoms with E-state index in [0.29, 0.717) is 6.04 Å². The number of fused-ring (bicyclic) bond motifs is 1. The van der Waals surface area contributed by atoms with Gasteiger partial charge in [-0.15, -0.1) is 0 Å². The molecule has 1 unspecified atom stereocenters. The molecule has 1 saturated carbocycles. The first-order chi connectivity index (χ1) is 10.2. The van der Waals surface area contributed by atoms with Crippen LogP contribution in [0, 0.1) is 11.3 Å². The van der Waals surface area contributed by atoms with Crippen molar-refractivity contribution in [1.82, 2.24) is 5.32 Å². The summed E-state index contributed by atoms with van der Waals surface area (Å²) >= 11 is 3.54. The second kappa shape index (κ2) is 6.50. The molecule has 0 saturated heterocycles. The second-order valence-electron chi connectivity index (χ2n) is 6.62. The minimum atomic E-state index is -0.351. The normalized spacial score (nSPS) is 26.7. The van der Waals surface area contributed by atoms with E-state index in [1.807, 2.05) is 0 Å². The van der Waals surface area contributed by atoms with E-state index < -0.39 is 0 Å². The van der Waals surface area contributed by atoms with Crippen molar-refractivity contribution >= 4 is 15.9 Å². The lowest BCUT2D eigenvalue weighted by atomic mass is 9.78. The summed E-state index contributed by atoms with van der Waals surface area (Å²) in [6.07, 6.45) is 10.6. The molecule has 0 amide bonds. The van der Waals surface area contributed by atoms with E-state index in [-0.39, 0.29) is 5.54 Å². The fraction of sp³-hybridized carbons (Fsp3) is 0.611. The van der Waals surface area contributed by atoms with Crippen LogP contribution in [-0.4, -0.2) is 11.6 Å². The van der Waals surface area contributed by atoms with Crippen LogP contribution in [0.4, 0.5) is 0 Å². The van der Waals surface area contributed by atoms with Crippen molar-refractivity contribution in [3.63, 3.8) is 0 Å². The fourth-order valence-electron chi connectivity index (χ4n) is 3.83. The first-order valence-corrected chi connectivity index (χ1v) is 8.96. The molecule has 0 aromatic heterocycles. The first kappa shape index (κ1) is 15.1. The van der Waals surface area contributed by atoms with Gasteiger partial charge in [0.05, 0.1) is 6.07 Å². The zero-order valence-corrected chi connectivity index (χ0v) is 14.1. The highest BCUT2D eigenvalue weighted by atomic mass is 79.9. The topological polar surface area (TPSA) is 35.8 Å². The van der Waals surface area contributed by atoms with Gasteiger partial charge in [0, 0.05) is 16.9 Å². The number of nitrogens with zero attached hydrogens (tertiary/aromatic N) is 1. The van der Waals surface area contributed by atoms with Crippen LogP contribution in [0.15, 0.2) is 22.7 Å². The molecular weight excluding hydrogens is 324 g/mol. The quantitative estimate of drug-likeness (QED) is 0.799. The van der Waals surface area contributed by atoms with Crippen molar-refractivity contribution in [1.29, 1.82) is 5.26 Å². The molecule has 0 radical (unpaired) electrons. The van der Waals surface area contributed by atoms with Gasteiger partial charge in [0.1, 0.15) is 5.54 Å². The Hall–Kier alpha value is -0.850. The van der Waals surface area contributed by atoms with Gasteiger partial charge in [-0.2, -0.15) is 5.26 Å². The maximum atomic E-state index is 9.80. The van der Waals surface area contributed by atoms with Gasteiger partial charge in [0.2, 0.25) is 0 Å². The molecule has 2 nitrogen and oxygen atoms in total. The largest absolute Gasteiger partial charge is 0.296 e. The summed E-state index contributed by atoms with van der Waals surface area (Å²) < 4.78 is 1.14. The third kappa shape index (κ3) is 3.49. The van der Waals surface area contributed by atoms with Gasteiger partial charge in [-0.1, -0.05) is 47.7 Å². The highest BCUT2D eigenvalue weighted by Crippen LogP contribution is 2.32. The predicted octanol–water partition coefficient (Wildman–Crippen LogP) is 4.51. The Morgan fingerprint density at radius 3 is 2.62 bits per heavy atom. The maximum absolute atomic E-state index is 9.80. The summed E-state index contributed by atoms with van der Waals surface area (Å²) in [5, 5.41) is 13.5. The molecule has 0 aliphatic heterocycles. The number of aryl methyl sites for hydroxylation is 1. The van der Waals surface area contributed by atoms with E-state index in [0.717, 1.165) is 23.7 Å². The van der Waals surface area contributed by atoms with E-state index in [2.05, 4.69) is 45.5 Å². The van der Waals surface area contributed by atoms with Gasteiger partial charge in [-0.3, -0.25) is 5.32 Å². The lowest BCUT2D eigenvalue weighted by molar-refractivity contribution is 0.302. The van der Waals surface area contributed by atoms with Crippen molar-refractivity contribution in [3.8, 4) is 6.07 Å². The third-order valence-electron chi connectivity index (χ3n) is 5.03. The average Bonchev–Trinajstić information content (AvgIpc) is 2.76. The Bertz CT molecular complexity index is 541. The van der Waals surface area contributed by atoms with Crippen LogP contribution in [0.2, 0.25) is 0 Å². The Kier molecular flexibility index (Phi) is 4.66. The van der Waals surface area contributed by atoms with Crippen molar-refractivity contribution in [2.75, 3.05) is 0 Å². The summed E-state index contributed by atoms with van der Waals surface area (Å²) in [5.41, 5.74) is 2.39. The van der Waals surface area contributed by atoms with Gasteiger partial charge in [0.25, 0.3) is 0 Å². The summed E-state index contributed by atoms with van der Waals surface area (Å²) in [6.45, 7) is 0. The molecule has 1 aromatic carbocycles. The van der Waals surface area contributed by atoms with Gasteiger partial charge in [0.15, 0.2) is 0 Å². The zero-order chi connectivity index (χ0) is 14.7. The maximum Gasteiger partial charge on any atom is 0.111 e. The number of benzene rings is 1. The SMILES string of the molecule is N#CC1(NC2CCCCCC2)CCc2cc(Br)ccc2C1.